The van der Waals surface area contributed by atoms with Crippen molar-refractivity contribution in [3.8, 4) is 6.07 Å². The topological polar surface area (TPSA) is 48.7 Å². The number of halogens is 1. The van der Waals surface area contributed by atoms with Crippen molar-refractivity contribution < 1.29 is 0 Å². The highest BCUT2D eigenvalue weighted by Crippen LogP contribution is 2.29. The van der Waals surface area contributed by atoms with Crippen LogP contribution in [0.1, 0.15) is 11.3 Å². The maximum atomic E-state index is 9.21. The van der Waals surface area contributed by atoms with Crippen molar-refractivity contribution in [3.63, 3.8) is 0 Å². The van der Waals surface area contributed by atoms with Crippen LogP contribution in [0.4, 0.5) is 11.4 Å². The van der Waals surface area contributed by atoms with Gasteiger partial charge >= 0.3 is 0 Å². The van der Waals surface area contributed by atoms with Crippen molar-refractivity contribution in [1.82, 2.24) is 4.98 Å². The highest BCUT2D eigenvalue weighted by atomic mass is 35.5. The summed E-state index contributed by atoms with van der Waals surface area (Å²) in [5.41, 5.74) is 3.99. The first-order valence-corrected chi connectivity index (χ1v) is 6.88. The van der Waals surface area contributed by atoms with Crippen LogP contribution in [-0.2, 0) is 0 Å². The molecule has 0 radical (unpaired) electrons. The van der Waals surface area contributed by atoms with Crippen molar-refractivity contribution in [1.29, 1.82) is 5.26 Å². The van der Waals surface area contributed by atoms with E-state index in [0.717, 1.165) is 22.3 Å². The monoisotopic (exact) mass is 293 g/mol. The molecule has 1 heterocycles. The molecule has 0 aliphatic rings. The SMILES string of the molecule is Cc1cc(Nc2cc(Cl)ccc2C#N)c2ccccc2n1. The molecule has 3 aromatic rings. The summed E-state index contributed by atoms with van der Waals surface area (Å²) < 4.78 is 0. The minimum absolute atomic E-state index is 0.554. The summed E-state index contributed by atoms with van der Waals surface area (Å²) in [4.78, 5) is 4.51. The Morgan fingerprint density at radius 1 is 1.10 bits per heavy atom. The quantitative estimate of drug-likeness (QED) is 0.737. The molecule has 3 nitrogen and oxygen atoms in total. The molecule has 21 heavy (non-hydrogen) atoms. The number of aromatic nitrogens is 1. The van der Waals surface area contributed by atoms with Gasteiger partial charge in [-0.1, -0.05) is 29.8 Å². The second kappa shape index (κ2) is 5.43. The molecule has 1 N–H and O–H groups in total. The van der Waals surface area contributed by atoms with Crippen LogP contribution in [0.2, 0.25) is 5.02 Å². The lowest BCUT2D eigenvalue weighted by atomic mass is 10.1. The first-order valence-electron chi connectivity index (χ1n) is 6.50. The maximum absolute atomic E-state index is 9.21. The summed E-state index contributed by atoms with van der Waals surface area (Å²) in [7, 11) is 0. The molecule has 0 aliphatic carbocycles. The Hall–Kier alpha value is -2.57. The van der Waals surface area contributed by atoms with Gasteiger partial charge in [-0.25, -0.2) is 0 Å². The van der Waals surface area contributed by atoms with Crippen LogP contribution in [0.25, 0.3) is 10.9 Å². The molecule has 1 aromatic heterocycles. The van der Waals surface area contributed by atoms with Crippen LogP contribution < -0.4 is 5.32 Å². The first-order chi connectivity index (χ1) is 10.2. The normalized spacial score (nSPS) is 10.3. The largest absolute Gasteiger partial charge is 0.354 e. The maximum Gasteiger partial charge on any atom is 0.101 e. The van der Waals surface area contributed by atoms with Crippen molar-refractivity contribution >= 4 is 33.9 Å². The van der Waals surface area contributed by atoms with Gasteiger partial charge in [0.2, 0.25) is 0 Å². The molecule has 0 atom stereocenters. The van der Waals surface area contributed by atoms with E-state index in [2.05, 4.69) is 16.4 Å². The summed E-state index contributed by atoms with van der Waals surface area (Å²) in [6.07, 6.45) is 0. The molecular formula is C17H12ClN3. The molecule has 0 unspecified atom stereocenters. The third-order valence-electron chi connectivity index (χ3n) is 3.22. The summed E-state index contributed by atoms with van der Waals surface area (Å²) in [5.74, 6) is 0. The van der Waals surface area contributed by atoms with Crippen LogP contribution in [-0.4, -0.2) is 4.98 Å². The molecule has 0 saturated carbocycles. The van der Waals surface area contributed by atoms with E-state index >= 15 is 0 Å². The lowest BCUT2D eigenvalue weighted by Gasteiger charge is -2.12. The van der Waals surface area contributed by atoms with Crippen molar-refractivity contribution in [2.24, 2.45) is 0 Å². The number of pyridine rings is 1. The molecule has 0 amide bonds. The average Bonchev–Trinajstić information content (AvgIpc) is 2.47. The van der Waals surface area contributed by atoms with Crippen molar-refractivity contribution in [2.45, 2.75) is 6.92 Å². The van der Waals surface area contributed by atoms with E-state index in [1.54, 1.807) is 18.2 Å². The van der Waals surface area contributed by atoms with E-state index in [-0.39, 0.29) is 0 Å². The lowest BCUT2D eigenvalue weighted by Crippen LogP contribution is -1.97. The Morgan fingerprint density at radius 3 is 2.71 bits per heavy atom. The van der Waals surface area contributed by atoms with Gasteiger partial charge in [0, 0.05) is 21.8 Å². The standard InChI is InChI=1S/C17H12ClN3/c1-11-8-17(14-4-2-3-5-15(14)20-11)21-16-9-13(18)7-6-12(16)10-19/h2-9H,1H3,(H,20,21). The fourth-order valence-electron chi connectivity index (χ4n) is 2.27. The van der Waals surface area contributed by atoms with Gasteiger partial charge in [0.15, 0.2) is 0 Å². The molecule has 0 spiro atoms. The number of anilines is 2. The van der Waals surface area contributed by atoms with Gasteiger partial charge in [-0.15, -0.1) is 0 Å². The van der Waals surface area contributed by atoms with Crippen LogP contribution >= 0.6 is 11.6 Å². The van der Waals surface area contributed by atoms with Gasteiger partial charge in [0.25, 0.3) is 0 Å². The Balaban J connectivity index is 2.15. The number of para-hydroxylation sites is 1. The molecule has 2 aromatic carbocycles. The van der Waals surface area contributed by atoms with E-state index < -0.39 is 0 Å². The first kappa shape index (κ1) is 13.4. The Labute approximate surface area is 127 Å². The number of aryl methyl sites for hydroxylation is 1. The van der Waals surface area contributed by atoms with E-state index in [0.29, 0.717) is 16.3 Å². The van der Waals surface area contributed by atoms with E-state index in [1.165, 1.54) is 0 Å². The van der Waals surface area contributed by atoms with Crippen LogP contribution in [0, 0.1) is 18.3 Å². The van der Waals surface area contributed by atoms with Gasteiger partial charge in [-0.2, -0.15) is 5.26 Å². The van der Waals surface area contributed by atoms with E-state index in [1.807, 2.05) is 37.3 Å². The number of nitriles is 1. The number of benzene rings is 2. The summed E-state index contributed by atoms with van der Waals surface area (Å²) in [6.45, 7) is 1.95. The zero-order valence-corrected chi connectivity index (χ0v) is 12.1. The van der Waals surface area contributed by atoms with E-state index in [9.17, 15) is 5.26 Å². The Kier molecular flexibility index (Phi) is 3.47. The fourth-order valence-corrected chi connectivity index (χ4v) is 2.45. The number of nitrogens with one attached hydrogen (secondary N) is 1. The zero-order chi connectivity index (χ0) is 14.8. The minimum atomic E-state index is 0.554. The van der Waals surface area contributed by atoms with Gasteiger partial charge in [-0.3, -0.25) is 4.98 Å². The zero-order valence-electron chi connectivity index (χ0n) is 11.4. The van der Waals surface area contributed by atoms with Crippen molar-refractivity contribution in [2.75, 3.05) is 5.32 Å². The average molecular weight is 294 g/mol. The molecule has 4 heteroatoms. The minimum Gasteiger partial charge on any atom is -0.354 e. The third-order valence-corrected chi connectivity index (χ3v) is 3.45. The number of rotatable bonds is 2. The molecule has 0 fully saturated rings. The number of fused-ring (bicyclic) bond motifs is 1. The third kappa shape index (κ3) is 2.67. The summed E-state index contributed by atoms with van der Waals surface area (Å²) in [5, 5.41) is 14.1. The van der Waals surface area contributed by atoms with Crippen LogP contribution in [0.15, 0.2) is 48.5 Å². The van der Waals surface area contributed by atoms with Gasteiger partial charge in [0.05, 0.1) is 16.8 Å². The second-order valence-corrected chi connectivity index (χ2v) is 5.19. The molecular weight excluding hydrogens is 282 g/mol. The van der Waals surface area contributed by atoms with E-state index in [4.69, 9.17) is 11.6 Å². The molecule has 0 saturated heterocycles. The predicted octanol–water partition coefficient (Wildman–Crippen LogP) is 4.81. The highest BCUT2D eigenvalue weighted by Gasteiger charge is 2.07. The second-order valence-electron chi connectivity index (χ2n) is 4.76. The number of hydrogen-bond acceptors (Lipinski definition) is 3. The van der Waals surface area contributed by atoms with Gasteiger partial charge in [-0.05, 0) is 37.3 Å². The summed E-state index contributed by atoms with van der Waals surface area (Å²) in [6, 6.07) is 17.2. The fraction of sp³-hybridized carbons (Fsp3) is 0.0588. The van der Waals surface area contributed by atoms with Crippen LogP contribution in [0.5, 0.6) is 0 Å². The van der Waals surface area contributed by atoms with Crippen molar-refractivity contribution in [3.05, 3.63) is 64.8 Å². The number of nitrogens with zero attached hydrogens (tertiary/aromatic N) is 2. The number of hydrogen-bond donors (Lipinski definition) is 1. The highest BCUT2D eigenvalue weighted by molar-refractivity contribution is 6.31. The van der Waals surface area contributed by atoms with Gasteiger partial charge < -0.3 is 5.32 Å². The molecule has 0 bridgehead atoms. The van der Waals surface area contributed by atoms with Gasteiger partial charge in [0.1, 0.15) is 6.07 Å². The molecule has 0 aliphatic heterocycles. The Bertz CT molecular complexity index is 866. The molecule has 3 rings (SSSR count). The Morgan fingerprint density at radius 2 is 1.90 bits per heavy atom. The smallest absolute Gasteiger partial charge is 0.101 e. The van der Waals surface area contributed by atoms with Crippen LogP contribution in [0.3, 0.4) is 0 Å². The predicted molar refractivity (Wildman–Crippen MR) is 85.9 cm³/mol. The molecule has 102 valence electrons. The summed E-state index contributed by atoms with van der Waals surface area (Å²) >= 11 is 6.03. The lowest BCUT2D eigenvalue weighted by molar-refractivity contribution is 1.25.